The van der Waals surface area contributed by atoms with Crippen molar-refractivity contribution in [2.45, 2.75) is 18.7 Å². The standard InChI is InChI=1S/C16H17F3N2O2/c1-22-13-6-7-21(9-13)15-5-2-11-8-12(3-4-14(11)20-15)23-10-16(17,18)19/h2-5,8,13H,6-7,9-10H2,1H3/t13-/m1/s1. The zero-order valence-corrected chi connectivity index (χ0v) is 12.6. The minimum atomic E-state index is -4.34. The lowest BCUT2D eigenvalue weighted by Gasteiger charge is -2.17. The third kappa shape index (κ3) is 3.85. The number of anilines is 1. The van der Waals surface area contributed by atoms with E-state index in [0.29, 0.717) is 0 Å². The Morgan fingerprint density at radius 3 is 2.78 bits per heavy atom. The van der Waals surface area contributed by atoms with Crippen LogP contribution in [0.3, 0.4) is 0 Å². The van der Waals surface area contributed by atoms with E-state index >= 15 is 0 Å². The number of benzene rings is 1. The maximum Gasteiger partial charge on any atom is 0.422 e. The van der Waals surface area contributed by atoms with Gasteiger partial charge in [0.1, 0.15) is 11.6 Å². The van der Waals surface area contributed by atoms with Crippen molar-refractivity contribution >= 4 is 16.7 Å². The van der Waals surface area contributed by atoms with Crippen molar-refractivity contribution in [1.29, 1.82) is 0 Å². The van der Waals surface area contributed by atoms with Gasteiger partial charge in [0.05, 0.1) is 11.6 Å². The van der Waals surface area contributed by atoms with E-state index in [1.165, 1.54) is 6.07 Å². The van der Waals surface area contributed by atoms with E-state index in [0.717, 1.165) is 36.2 Å². The number of fused-ring (bicyclic) bond motifs is 1. The lowest BCUT2D eigenvalue weighted by molar-refractivity contribution is -0.153. The molecular weight excluding hydrogens is 309 g/mol. The van der Waals surface area contributed by atoms with Gasteiger partial charge in [-0.15, -0.1) is 0 Å². The van der Waals surface area contributed by atoms with Gasteiger partial charge in [-0.1, -0.05) is 0 Å². The predicted molar refractivity (Wildman–Crippen MR) is 80.9 cm³/mol. The highest BCUT2D eigenvalue weighted by Gasteiger charge is 2.28. The van der Waals surface area contributed by atoms with Crippen molar-refractivity contribution in [3.63, 3.8) is 0 Å². The van der Waals surface area contributed by atoms with Crippen LogP contribution in [-0.2, 0) is 4.74 Å². The van der Waals surface area contributed by atoms with E-state index in [1.807, 2.05) is 12.1 Å². The lowest BCUT2D eigenvalue weighted by Crippen LogP contribution is -2.23. The Morgan fingerprint density at radius 2 is 2.09 bits per heavy atom. The van der Waals surface area contributed by atoms with Crippen LogP contribution < -0.4 is 9.64 Å². The minimum absolute atomic E-state index is 0.185. The summed E-state index contributed by atoms with van der Waals surface area (Å²) in [5.41, 5.74) is 0.725. The summed E-state index contributed by atoms with van der Waals surface area (Å²) < 4.78 is 46.7. The zero-order chi connectivity index (χ0) is 16.4. The molecule has 1 atom stereocenters. The molecule has 1 aliphatic heterocycles. The normalized spacial score (nSPS) is 18.6. The Balaban J connectivity index is 1.76. The Bertz CT molecular complexity index is 691. The van der Waals surface area contributed by atoms with Gasteiger partial charge in [-0.25, -0.2) is 4.98 Å². The molecule has 1 fully saturated rings. The highest BCUT2D eigenvalue weighted by atomic mass is 19.4. The van der Waals surface area contributed by atoms with Gasteiger partial charge in [-0.3, -0.25) is 0 Å². The number of alkyl halides is 3. The van der Waals surface area contributed by atoms with Crippen molar-refractivity contribution < 1.29 is 22.6 Å². The summed E-state index contributed by atoms with van der Waals surface area (Å²) in [4.78, 5) is 6.71. The highest BCUT2D eigenvalue weighted by molar-refractivity contribution is 5.81. The average Bonchev–Trinajstić information content (AvgIpc) is 3.00. The minimum Gasteiger partial charge on any atom is -0.484 e. The zero-order valence-electron chi connectivity index (χ0n) is 12.6. The maximum absolute atomic E-state index is 12.2. The molecule has 2 aromatic rings. The summed E-state index contributed by atoms with van der Waals surface area (Å²) in [7, 11) is 1.70. The predicted octanol–water partition coefficient (Wildman–Crippen LogP) is 3.40. The number of hydrogen-bond acceptors (Lipinski definition) is 4. The van der Waals surface area contributed by atoms with Crippen LogP contribution >= 0.6 is 0 Å². The summed E-state index contributed by atoms with van der Waals surface area (Å²) in [5, 5.41) is 0.746. The number of pyridine rings is 1. The van der Waals surface area contributed by atoms with Gasteiger partial charge < -0.3 is 14.4 Å². The first-order valence-electron chi connectivity index (χ1n) is 7.33. The van der Waals surface area contributed by atoms with Crippen LogP contribution in [-0.4, -0.2) is 44.1 Å². The molecule has 0 spiro atoms. The first kappa shape index (κ1) is 15.9. The quantitative estimate of drug-likeness (QED) is 0.862. The Hall–Kier alpha value is -2.02. The summed E-state index contributed by atoms with van der Waals surface area (Å²) in [5.74, 6) is 1.03. The fourth-order valence-electron chi connectivity index (χ4n) is 2.65. The van der Waals surface area contributed by atoms with Crippen LogP contribution in [0.5, 0.6) is 5.75 Å². The molecular formula is C16H17F3N2O2. The second-order valence-electron chi connectivity index (χ2n) is 5.52. The van der Waals surface area contributed by atoms with E-state index in [4.69, 9.17) is 9.47 Å². The number of halogens is 3. The SMILES string of the molecule is CO[C@@H]1CCN(c2ccc3cc(OCC(F)(F)F)ccc3n2)C1. The number of nitrogens with zero attached hydrogens (tertiary/aromatic N) is 2. The summed E-state index contributed by atoms with van der Waals surface area (Å²) in [6.45, 7) is 0.377. The van der Waals surface area contributed by atoms with Crippen LogP contribution in [0.25, 0.3) is 10.9 Å². The Kier molecular flexibility index (Phi) is 4.30. The number of aromatic nitrogens is 1. The summed E-state index contributed by atoms with van der Waals surface area (Å²) >= 11 is 0. The number of methoxy groups -OCH3 is 1. The topological polar surface area (TPSA) is 34.6 Å². The maximum atomic E-state index is 12.2. The number of hydrogen-bond donors (Lipinski definition) is 0. The summed E-state index contributed by atoms with van der Waals surface area (Å²) in [6.07, 6.45) is -3.17. The molecule has 3 rings (SSSR count). The van der Waals surface area contributed by atoms with Gasteiger partial charge in [0.2, 0.25) is 0 Å². The van der Waals surface area contributed by atoms with E-state index in [1.54, 1.807) is 19.2 Å². The van der Waals surface area contributed by atoms with E-state index in [2.05, 4.69) is 9.88 Å². The van der Waals surface area contributed by atoms with Crippen molar-refractivity contribution in [2.75, 3.05) is 31.7 Å². The smallest absolute Gasteiger partial charge is 0.422 e. The van der Waals surface area contributed by atoms with Crippen molar-refractivity contribution in [3.8, 4) is 5.75 Å². The number of rotatable bonds is 4. The molecule has 1 aromatic heterocycles. The molecule has 0 bridgehead atoms. The van der Waals surface area contributed by atoms with Crippen LogP contribution in [0, 0.1) is 0 Å². The molecule has 0 amide bonds. The Labute approximate surface area is 131 Å². The molecule has 1 saturated heterocycles. The Morgan fingerprint density at radius 1 is 1.26 bits per heavy atom. The molecule has 7 heteroatoms. The van der Waals surface area contributed by atoms with Gasteiger partial charge in [-0.05, 0) is 36.8 Å². The van der Waals surface area contributed by atoms with Gasteiger partial charge in [-0.2, -0.15) is 13.2 Å². The fourth-order valence-corrected chi connectivity index (χ4v) is 2.65. The van der Waals surface area contributed by atoms with Crippen molar-refractivity contribution in [3.05, 3.63) is 30.3 Å². The first-order valence-corrected chi connectivity index (χ1v) is 7.33. The molecule has 0 N–H and O–H groups in total. The van der Waals surface area contributed by atoms with E-state index in [9.17, 15) is 13.2 Å². The molecule has 2 heterocycles. The van der Waals surface area contributed by atoms with Crippen molar-refractivity contribution in [2.24, 2.45) is 0 Å². The van der Waals surface area contributed by atoms with Gasteiger partial charge in [0.25, 0.3) is 0 Å². The molecule has 0 aliphatic carbocycles. The first-order chi connectivity index (χ1) is 10.9. The third-order valence-corrected chi connectivity index (χ3v) is 3.85. The van der Waals surface area contributed by atoms with Crippen molar-refractivity contribution in [1.82, 2.24) is 4.98 Å². The molecule has 23 heavy (non-hydrogen) atoms. The number of ether oxygens (including phenoxy) is 2. The van der Waals surface area contributed by atoms with Crippen LogP contribution in [0.2, 0.25) is 0 Å². The van der Waals surface area contributed by atoms with E-state index in [-0.39, 0.29) is 11.9 Å². The van der Waals surface area contributed by atoms with Crippen LogP contribution in [0.15, 0.2) is 30.3 Å². The van der Waals surface area contributed by atoms with Crippen LogP contribution in [0.4, 0.5) is 19.0 Å². The monoisotopic (exact) mass is 326 g/mol. The molecule has 4 nitrogen and oxygen atoms in total. The molecule has 0 saturated carbocycles. The van der Waals surface area contributed by atoms with Gasteiger partial charge in [0.15, 0.2) is 6.61 Å². The van der Waals surface area contributed by atoms with E-state index < -0.39 is 12.8 Å². The third-order valence-electron chi connectivity index (χ3n) is 3.85. The second kappa shape index (κ2) is 6.23. The highest BCUT2D eigenvalue weighted by Crippen LogP contribution is 2.26. The average molecular weight is 326 g/mol. The van der Waals surface area contributed by atoms with Crippen LogP contribution in [0.1, 0.15) is 6.42 Å². The molecule has 124 valence electrons. The summed E-state index contributed by atoms with van der Waals surface area (Å²) in [6, 6.07) is 8.47. The largest absolute Gasteiger partial charge is 0.484 e. The lowest BCUT2D eigenvalue weighted by atomic mass is 10.2. The second-order valence-corrected chi connectivity index (χ2v) is 5.52. The van der Waals surface area contributed by atoms with Gasteiger partial charge in [0, 0.05) is 25.6 Å². The van der Waals surface area contributed by atoms with Gasteiger partial charge >= 0.3 is 6.18 Å². The fraction of sp³-hybridized carbons (Fsp3) is 0.438. The molecule has 1 aliphatic rings. The molecule has 0 radical (unpaired) electrons. The molecule has 0 unspecified atom stereocenters. The molecule has 1 aromatic carbocycles.